The molecule has 0 bridgehead atoms. The van der Waals surface area contributed by atoms with Gasteiger partial charge in [0.25, 0.3) is 0 Å². The third-order valence-corrected chi connectivity index (χ3v) is 3.93. The molecule has 7 nitrogen and oxygen atoms in total. The summed E-state index contributed by atoms with van der Waals surface area (Å²) in [4.78, 5) is 20.7. The van der Waals surface area contributed by atoms with Crippen LogP contribution in [0.3, 0.4) is 0 Å². The van der Waals surface area contributed by atoms with Crippen molar-refractivity contribution in [1.82, 2.24) is 9.97 Å². The molecule has 0 aliphatic carbocycles. The van der Waals surface area contributed by atoms with Gasteiger partial charge in [0, 0.05) is 17.5 Å². The number of carbonyl (C=O) groups is 1. The van der Waals surface area contributed by atoms with Crippen molar-refractivity contribution in [1.29, 1.82) is 0 Å². The van der Waals surface area contributed by atoms with Crippen molar-refractivity contribution in [2.45, 2.75) is 0 Å². The topological polar surface area (TPSA) is 101 Å². The Morgan fingerprint density at radius 1 is 1.00 bits per heavy atom. The molecule has 0 aliphatic heterocycles. The zero-order valence-electron chi connectivity index (χ0n) is 13.9. The van der Waals surface area contributed by atoms with Crippen LogP contribution < -0.4 is 10.0 Å². The van der Waals surface area contributed by atoms with Crippen molar-refractivity contribution in [2.24, 2.45) is 0 Å². The summed E-state index contributed by atoms with van der Waals surface area (Å²) < 4.78 is 24.7. The van der Waals surface area contributed by atoms with Crippen LogP contribution in [-0.4, -0.2) is 30.5 Å². The van der Waals surface area contributed by atoms with E-state index in [4.69, 9.17) is 0 Å². The molecule has 132 valence electrons. The fourth-order valence-corrected chi connectivity index (χ4v) is 2.80. The molecule has 0 unspecified atom stereocenters. The Balaban J connectivity index is 1.65. The van der Waals surface area contributed by atoms with E-state index >= 15 is 0 Å². The van der Waals surface area contributed by atoms with E-state index in [0.29, 0.717) is 17.1 Å². The number of nitrogens with zero attached hydrogens (tertiary/aromatic N) is 2. The molecular weight excluding hydrogens is 352 g/mol. The normalized spacial score (nSPS) is 11.6. The first-order chi connectivity index (χ1) is 12.4. The summed E-state index contributed by atoms with van der Waals surface area (Å²) in [6.45, 7) is 0. The number of hydrogen-bond donors (Lipinski definition) is 2. The van der Waals surface area contributed by atoms with E-state index in [1.807, 2.05) is 24.3 Å². The van der Waals surface area contributed by atoms with Gasteiger partial charge >= 0.3 is 0 Å². The highest BCUT2D eigenvalue weighted by Crippen LogP contribution is 2.15. The first-order valence-corrected chi connectivity index (χ1v) is 9.57. The average Bonchev–Trinajstić information content (AvgIpc) is 2.60. The summed E-state index contributed by atoms with van der Waals surface area (Å²) in [5, 5.41) is 2.69. The number of fused-ring (bicyclic) bond motifs is 1. The Labute approximate surface area is 150 Å². The van der Waals surface area contributed by atoms with Crippen LogP contribution in [0.25, 0.3) is 17.1 Å². The number of aromatic nitrogens is 2. The van der Waals surface area contributed by atoms with E-state index in [9.17, 15) is 13.2 Å². The van der Waals surface area contributed by atoms with Gasteiger partial charge in [-0.25, -0.2) is 13.4 Å². The summed E-state index contributed by atoms with van der Waals surface area (Å²) >= 11 is 0. The van der Waals surface area contributed by atoms with Gasteiger partial charge in [-0.2, -0.15) is 0 Å². The number of anilines is 2. The van der Waals surface area contributed by atoms with Crippen molar-refractivity contribution in [2.75, 3.05) is 16.3 Å². The van der Waals surface area contributed by atoms with Gasteiger partial charge in [-0.3, -0.25) is 14.5 Å². The van der Waals surface area contributed by atoms with Crippen LogP contribution in [0, 0.1) is 0 Å². The lowest BCUT2D eigenvalue weighted by molar-refractivity contribution is -0.111. The van der Waals surface area contributed by atoms with E-state index in [-0.39, 0.29) is 5.91 Å². The molecule has 3 aromatic rings. The predicted octanol–water partition coefficient (Wildman–Crippen LogP) is 2.65. The molecule has 0 saturated heterocycles. The number of benzene rings is 2. The number of carbonyl (C=O) groups excluding carboxylic acids is 1. The molecule has 2 N–H and O–H groups in total. The number of sulfonamides is 1. The lowest BCUT2D eigenvalue weighted by Crippen LogP contribution is -2.10. The molecule has 1 heterocycles. The lowest BCUT2D eigenvalue weighted by Gasteiger charge is -2.06. The maximum Gasteiger partial charge on any atom is 0.248 e. The molecule has 0 saturated carbocycles. The van der Waals surface area contributed by atoms with Gasteiger partial charge in [0.1, 0.15) is 0 Å². The van der Waals surface area contributed by atoms with Crippen LogP contribution >= 0.6 is 0 Å². The van der Waals surface area contributed by atoms with Crippen LogP contribution in [0.15, 0.2) is 60.8 Å². The highest BCUT2D eigenvalue weighted by Gasteiger charge is 2.03. The highest BCUT2D eigenvalue weighted by molar-refractivity contribution is 7.92. The fourth-order valence-electron chi connectivity index (χ4n) is 2.23. The van der Waals surface area contributed by atoms with E-state index < -0.39 is 10.0 Å². The van der Waals surface area contributed by atoms with Crippen LogP contribution in [0.5, 0.6) is 0 Å². The minimum atomic E-state index is -3.33. The van der Waals surface area contributed by atoms with E-state index in [2.05, 4.69) is 20.0 Å². The summed E-state index contributed by atoms with van der Waals surface area (Å²) in [6.07, 6.45) is 5.61. The second-order valence-corrected chi connectivity index (χ2v) is 7.31. The maximum absolute atomic E-state index is 12.0. The number of para-hydroxylation sites is 2. The summed E-state index contributed by atoms with van der Waals surface area (Å²) in [5.74, 6) is -0.330. The van der Waals surface area contributed by atoms with Gasteiger partial charge in [0.15, 0.2) is 0 Å². The monoisotopic (exact) mass is 368 g/mol. The Bertz CT molecular complexity index is 1080. The summed E-state index contributed by atoms with van der Waals surface area (Å²) in [6, 6.07) is 13.8. The highest BCUT2D eigenvalue weighted by atomic mass is 32.2. The fraction of sp³-hybridized carbons (Fsp3) is 0.0556. The van der Waals surface area contributed by atoms with Crippen LogP contribution in [0.1, 0.15) is 5.69 Å². The Kier molecular flexibility index (Phi) is 4.94. The number of amides is 1. The van der Waals surface area contributed by atoms with Gasteiger partial charge in [0.2, 0.25) is 15.9 Å². The number of hydrogen-bond acceptors (Lipinski definition) is 5. The van der Waals surface area contributed by atoms with E-state index in [1.165, 1.54) is 6.08 Å². The maximum atomic E-state index is 12.0. The van der Waals surface area contributed by atoms with Crippen molar-refractivity contribution >= 4 is 44.4 Å². The van der Waals surface area contributed by atoms with Crippen LogP contribution in [0.2, 0.25) is 0 Å². The van der Waals surface area contributed by atoms with E-state index in [0.717, 1.165) is 17.3 Å². The largest absolute Gasteiger partial charge is 0.323 e. The van der Waals surface area contributed by atoms with Crippen molar-refractivity contribution in [3.8, 4) is 0 Å². The van der Waals surface area contributed by atoms with Gasteiger partial charge in [-0.05, 0) is 42.5 Å². The first-order valence-electron chi connectivity index (χ1n) is 7.68. The predicted molar refractivity (Wildman–Crippen MR) is 102 cm³/mol. The molecular formula is C18H16N4O3S. The van der Waals surface area contributed by atoms with Gasteiger partial charge in [-0.1, -0.05) is 12.1 Å². The molecule has 1 amide bonds. The lowest BCUT2D eigenvalue weighted by atomic mass is 10.2. The van der Waals surface area contributed by atoms with Crippen molar-refractivity contribution in [3.63, 3.8) is 0 Å². The Morgan fingerprint density at radius 3 is 2.35 bits per heavy atom. The second-order valence-electron chi connectivity index (χ2n) is 5.56. The first kappa shape index (κ1) is 17.6. The van der Waals surface area contributed by atoms with E-state index in [1.54, 1.807) is 36.5 Å². The summed E-state index contributed by atoms with van der Waals surface area (Å²) in [5.41, 5.74) is 3.09. The molecule has 1 aromatic heterocycles. The standard InChI is InChI=1S/C18H16N4O3S/c1-26(24,25)22-14-8-6-13(7-9-14)21-18(23)11-10-15-12-19-16-4-2-3-5-17(16)20-15/h2-12,22H,1H3,(H,21,23)/b11-10+. The molecule has 0 radical (unpaired) electrons. The molecule has 26 heavy (non-hydrogen) atoms. The number of nitrogens with one attached hydrogen (secondary N) is 2. The summed E-state index contributed by atoms with van der Waals surface area (Å²) in [7, 11) is -3.33. The average molecular weight is 368 g/mol. The van der Waals surface area contributed by atoms with Crippen molar-refractivity contribution < 1.29 is 13.2 Å². The SMILES string of the molecule is CS(=O)(=O)Nc1ccc(NC(=O)/C=C/c2cnc3ccccc3n2)cc1. The Morgan fingerprint density at radius 2 is 1.65 bits per heavy atom. The molecule has 2 aromatic carbocycles. The molecule has 0 spiro atoms. The third kappa shape index (κ3) is 4.87. The molecule has 3 rings (SSSR count). The molecule has 0 atom stereocenters. The zero-order valence-corrected chi connectivity index (χ0v) is 14.7. The Hall–Kier alpha value is -3.26. The second kappa shape index (κ2) is 7.32. The quantitative estimate of drug-likeness (QED) is 0.674. The van der Waals surface area contributed by atoms with Crippen molar-refractivity contribution in [3.05, 3.63) is 66.5 Å². The zero-order chi connectivity index (χ0) is 18.6. The van der Waals surface area contributed by atoms with Crippen LogP contribution in [0.4, 0.5) is 11.4 Å². The molecule has 0 fully saturated rings. The molecule has 0 aliphatic rings. The smallest absolute Gasteiger partial charge is 0.248 e. The third-order valence-electron chi connectivity index (χ3n) is 3.33. The van der Waals surface area contributed by atoms with Gasteiger partial charge < -0.3 is 5.32 Å². The minimum absolute atomic E-state index is 0.330. The molecule has 8 heteroatoms. The number of rotatable bonds is 5. The van der Waals surface area contributed by atoms with Gasteiger partial charge in [0.05, 0.1) is 29.2 Å². The van der Waals surface area contributed by atoms with Crippen LogP contribution in [-0.2, 0) is 14.8 Å². The van der Waals surface area contributed by atoms with Gasteiger partial charge in [-0.15, -0.1) is 0 Å². The minimum Gasteiger partial charge on any atom is -0.323 e.